The van der Waals surface area contributed by atoms with E-state index in [1.165, 1.54) is 5.56 Å². The van der Waals surface area contributed by atoms with E-state index in [0.29, 0.717) is 6.54 Å². The topological polar surface area (TPSA) is 53.3 Å². The van der Waals surface area contributed by atoms with Gasteiger partial charge in [-0.2, -0.15) is 5.26 Å². The molecule has 4 heteroatoms. The average molecular weight is 260 g/mol. The summed E-state index contributed by atoms with van der Waals surface area (Å²) in [6, 6.07) is 8.01. The summed E-state index contributed by atoms with van der Waals surface area (Å²) in [5.74, 6) is 0.858. The molecule has 4 nitrogen and oxygen atoms in total. The van der Waals surface area contributed by atoms with Crippen LogP contribution in [0.3, 0.4) is 0 Å². The van der Waals surface area contributed by atoms with Gasteiger partial charge in [-0.3, -0.25) is 4.79 Å². The smallest absolute Gasteiger partial charge is 0.223 e. The van der Waals surface area contributed by atoms with Crippen molar-refractivity contribution in [2.45, 2.75) is 26.2 Å². The lowest BCUT2D eigenvalue weighted by Crippen LogP contribution is -2.28. The van der Waals surface area contributed by atoms with Crippen LogP contribution in [0.5, 0.6) is 5.75 Å². The zero-order valence-electron chi connectivity index (χ0n) is 11.8. The maximum absolute atomic E-state index is 11.7. The molecule has 19 heavy (non-hydrogen) atoms. The highest BCUT2D eigenvalue weighted by molar-refractivity contribution is 5.76. The van der Waals surface area contributed by atoms with Crippen molar-refractivity contribution in [2.24, 2.45) is 0 Å². The lowest BCUT2D eigenvalue weighted by molar-refractivity contribution is -0.129. The van der Waals surface area contributed by atoms with Crippen molar-refractivity contribution >= 4 is 5.91 Å². The Balaban J connectivity index is 2.59. The molecule has 0 spiro atoms. The zero-order chi connectivity index (χ0) is 14.3. The van der Waals surface area contributed by atoms with Crippen LogP contribution in [0.25, 0.3) is 0 Å². The van der Waals surface area contributed by atoms with Crippen molar-refractivity contribution in [2.75, 3.05) is 20.7 Å². The molecule has 0 unspecified atom stereocenters. The van der Waals surface area contributed by atoms with Crippen molar-refractivity contribution in [1.29, 1.82) is 5.26 Å². The van der Waals surface area contributed by atoms with E-state index in [4.69, 9.17) is 10.00 Å². The summed E-state index contributed by atoms with van der Waals surface area (Å²) >= 11 is 0. The second-order valence-electron chi connectivity index (χ2n) is 4.54. The van der Waals surface area contributed by atoms with Gasteiger partial charge < -0.3 is 9.64 Å². The van der Waals surface area contributed by atoms with Gasteiger partial charge in [-0.15, -0.1) is 0 Å². The van der Waals surface area contributed by atoms with Crippen LogP contribution >= 0.6 is 0 Å². The van der Waals surface area contributed by atoms with Gasteiger partial charge >= 0.3 is 0 Å². The second kappa shape index (κ2) is 7.42. The molecule has 0 aromatic heterocycles. The number of rotatable bonds is 6. The number of hydrogen-bond donors (Lipinski definition) is 0. The van der Waals surface area contributed by atoms with Crippen LogP contribution < -0.4 is 4.74 Å². The van der Waals surface area contributed by atoms with Crippen molar-refractivity contribution in [1.82, 2.24) is 4.90 Å². The Morgan fingerprint density at radius 1 is 1.47 bits per heavy atom. The SMILES string of the molecule is COc1ccc(C)cc1CCN(C)C(=O)CCC#N. The fraction of sp³-hybridized carbons (Fsp3) is 0.467. The zero-order valence-corrected chi connectivity index (χ0v) is 11.8. The van der Waals surface area contributed by atoms with E-state index >= 15 is 0 Å². The van der Waals surface area contributed by atoms with E-state index in [1.807, 2.05) is 25.1 Å². The lowest BCUT2D eigenvalue weighted by Gasteiger charge is -2.17. The quantitative estimate of drug-likeness (QED) is 0.788. The molecule has 0 bridgehead atoms. The number of amides is 1. The molecule has 0 N–H and O–H groups in total. The van der Waals surface area contributed by atoms with E-state index in [0.717, 1.165) is 17.7 Å². The van der Waals surface area contributed by atoms with Gasteiger partial charge in [-0.1, -0.05) is 17.7 Å². The van der Waals surface area contributed by atoms with E-state index < -0.39 is 0 Å². The number of carbonyl (C=O) groups excluding carboxylic acids is 1. The predicted octanol–water partition coefficient (Wildman–Crippen LogP) is 2.31. The van der Waals surface area contributed by atoms with E-state index in [1.54, 1.807) is 19.1 Å². The fourth-order valence-corrected chi connectivity index (χ4v) is 1.87. The Kier molecular flexibility index (Phi) is 5.87. The third-order valence-electron chi connectivity index (χ3n) is 3.03. The third-order valence-corrected chi connectivity index (χ3v) is 3.03. The molecule has 1 aromatic carbocycles. The van der Waals surface area contributed by atoms with E-state index in [-0.39, 0.29) is 18.7 Å². The van der Waals surface area contributed by atoms with Gasteiger partial charge in [-0.25, -0.2) is 0 Å². The molecule has 0 atom stereocenters. The minimum absolute atomic E-state index is 0.00756. The highest BCUT2D eigenvalue weighted by Crippen LogP contribution is 2.20. The molecule has 0 aliphatic heterocycles. The third kappa shape index (κ3) is 4.63. The molecule has 0 aliphatic rings. The summed E-state index contributed by atoms with van der Waals surface area (Å²) in [4.78, 5) is 13.4. The Morgan fingerprint density at radius 2 is 2.21 bits per heavy atom. The molecule has 1 amide bonds. The van der Waals surface area contributed by atoms with Gasteiger partial charge in [0.05, 0.1) is 13.2 Å². The second-order valence-corrected chi connectivity index (χ2v) is 4.54. The molecule has 102 valence electrons. The predicted molar refractivity (Wildman–Crippen MR) is 73.9 cm³/mol. The molecular weight excluding hydrogens is 240 g/mol. The van der Waals surface area contributed by atoms with Crippen LogP contribution in [0.15, 0.2) is 18.2 Å². The van der Waals surface area contributed by atoms with Crippen molar-refractivity contribution in [3.63, 3.8) is 0 Å². The molecule has 0 aliphatic carbocycles. The number of nitrogens with zero attached hydrogens (tertiary/aromatic N) is 2. The largest absolute Gasteiger partial charge is 0.496 e. The van der Waals surface area contributed by atoms with Crippen LogP contribution in [0.4, 0.5) is 0 Å². The fourth-order valence-electron chi connectivity index (χ4n) is 1.87. The first kappa shape index (κ1) is 15.0. The van der Waals surface area contributed by atoms with Gasteiger partial charge in [0.1, 0.15) is 5.75 Å². The number of ether oxygens (including phenoxy) is 1. The van der Waals surface area contributed by atoms with Crippen molar-refractivity contribution in [3.8, 4) is 11.8 Å². The summed E-state index contributed by atoms with van der Waals surface area (Å²) < 4.78 is 5.31. The number of aryl methyl sites for hydroxylation is 1. The summed E-state index contributed by atoms with van der Waals surface area (Å²) in [6.07, 6.45) is 1.31. The van der Waals surface area contributed by atoms with Gasteiger partial charge in [0.25, 0.3) is 0 Å². The molecule has 0 heterocycles. The van der Waals surface area contributed by atoms with Crippen molar-refractivity contribution < 1.29 is 9.53 Å². The number of hydrogen-bond acceptors (Lipinski definition) is 3. The van der Waals surface area contributed by atoms with Crippen LogP contribution in [-0.2, 0) is 11.2 Å². The first-order valence-electron chi connectivity index (χ1n) is 6.33. The number of nitriles is 1. The van der Waals surface area contributed by atoms with E-state index in [2.05, 4.69) is 6.07 Å². The lowest BCUT2D eigenvalue weighted by atomic mass is 10.1. The van der Waals surface area contributed by atoms with Gasteiger partial charge in [0.2, 0.25) is 5.91 Å². The number of benzene rings is 1. The summed E-state index contributed by atoms with van der Waals surface area (Å²) in [5, 5.41) is 8.47. The summed E-state index contributed by atoms with van der Waals surface area (Å²) in [5.41, 5.74) is 2.27. The molecule has 0 radical (unpaired) electrons. The Bertz CT molecular complexity index is 478. The number of methoxy groups -OCH3 is 1. The highest BCUT2D eigenvalue weighted by atomic mass is 16.5. The van der Waals surface area contributed by atoms with Crippen LogP contribution in [0.1, 0.15) is 24.0 Å². The highest BCUT2D eigenvalue weighted by Gasteiger charge is 2.10. The molecule has 0 saturated heterocycles. The molecule has 0 fully saturated rings. The van der Waals surface area contributed by atoms with E-state index in [9.17, 15) is 4.79 Å². The molecule has 1 aromatic rings. The van der Waals surface area contributed by atoms with Crippen molar-refractivity contribution in [3.05, 3.63) is 29.3 Å². The van der Waals surface area contributed by atoms with Crippen LogP contribution in [0, 0.1) is 18.3 Å². The Morgan fingerprint density at radius 3 is 2.84 bits per heavy atom. The van der Waals surface area contributed by atoms with Gasteiger partial charge in [-0.05, 0) is 25.0 Å². The Labute approximate surface area is 114 Å². The number of carbonyl (C=O) groups is 1. The normalized spacial score (nSPS) is 9.79. The van der Waals surface area contributed by atoms with Gasteiger partial charge in [0, 0.05) is 26.4 Å². The van der Waals surface area contributed by atoms with Crippen LogP contribution in [-0.4, -0.2) is 31.5 Å². The first-order valence-corrected chi connectivity index (χ1v) is 6.33. The minimum Gasteiger partial charge on any atom is -0.496 e. The first-order chi connectivity index (χ1) is 9.08. The summed E-state index contributed by atoms with van der Waals surface area (Å²) in [6.45, 7) is 2.66. The minimum atomic E-state index is 0.00756. The monoisotopic (exact) mass is 260 g/mol. The number of likely N-dealkylation sites (N-methyl/N-ethyl adjacent to an activating group) is 1. The maximum Gasteiger partial charge on any atom is 0.223 e. The maximum atomic E-state index is 11.7. The molecular formula is C15H20N2O2. The summed E-state index contributed by atoms with van der Waals surface area (Å²) in [7, 11) is 3.41. The standard InChI is InChI=1S/C15H20N2O2/c1-12-6-7-14(19-3)13(11-12)8-10-17(2)15(18)5-4-9-16/h6-7,11H,4-5,8,10H2,1-3H3. The molecule has 0 saturated carbocycles. The Hall–Kier alpha value is -2.02. The molecule has 1 rings (SSSR count). The average Bonchev–Trinajstić information content (AvgIpc) is 2.42. The van der Waals surface area contributed by atoms with Gasteiger partial charge in [0.15, 0.2) is 0 Å². The van der Waals surface area contributed by atoms with Crippen LogP contribution in [0.2, 0.25) is 0 Å².